The monoisotopic (exact) mass is 309 g/mol. The number of hydrogen-bond acceptors (Lipinski definition) is 3. The van der Waals surface area contributed by atoms with Gasteiger partial charge >= 0.3 is 0 Å². The van der Waals surface area contributed by atoms with Crippen LogP contribution in [0, 0.1) is 0 Å². The second-order valence-electron chi connectivity index (χ2n) is 5.73. The van der Waals surface area contributed by atoms with E-state index in [4.69, 9.17) is 0 Å². The summed E-state index contributed by atoms with van der Waals surface area (Å²) in [7, 11) is 0. The van der Waals surface area contributed by atoms with Crippen molar-refractivity contribution in [3.8, 4) is 0 Å². The van der Waals surface area contributed by atoms with Gasteiger partial charge in [-0.15, -0.1) is 6.58 Å². The number of nitrogens with one attached hydrogen (secondary N) is 1. The number of hydrogen-bond donors (Lipinski definition) is 1. The summed E-state index contributed by atoms with van der Waals surface area (Å²) < 4.78 is 0. The molecule has 0 bridgehead atoms. The van der Waals surface area contributed by atoms with Gasteiger partial charge in [-0.05, 0) is 31.9 Å². The molecular formula is C18H19N3O2. The SMILES string of the molecule is C=CC[C@@H]1CC=C[C@@H](C)N1C(=O)c1nc2ccccc2c(=O)[nH]1. The van der Waals surface area contributed by atoms with Crippen LogP contribution in [0.15, 0.2) is 53.9 Å². The number of aromatic nitrogens is 2. The van der Waals surface area contributed by atoms with Gasteiger partial charge in [0.1, 0.15) is 0 Å². The van der Waals surface area contributed by atoms with E-state index in [1.807, 2.05) is 19.1 Å². The standard InChI is InChI=1S/C18H19N3O2/c1-3-7-13-9-6-8-12(2)21(13)18(23)16-19-15-11-5-4-10-14(15)17(22)20-16/h3-6,8,10-13H,1,7,9H2,2H3,(H,19,20,22)/t12-,13-/m1/s1. The summed E-state index contributed by atoms with van der Waals surface area (Å²) in [5.74, 6) is -0.165. The minimum absolute atomic E-state index is 0.0387. The third kappa shape index (κ3) is 2.82. The minimum Gasteiger partial charge on any atom is -0.326 e. The molecule has 1 N–H and O–H groups in total. The van der Waals surface area contributed by atoms with Crippen molar-refractivity contribution in [1.29, 1.82) is 0 Å². The zero-order valence-corrected chi connectivity index (χ0v) is 13.0. The van der Waals surface area contributed by atoms with E-state index in [2.05, 4.69) is 22.6 Å². The van der Waals surface area contributed by atoms with Crippen LogP contribution in [0.2, 0.25) is 0 Å². The van der Waals surface area contributed by atoms with Crippen LogP contribution in [-0.4, -0.2) is 32.9 Å². The zero-order chi connectivity index (χ0) is 16.4. The van der Waals surface area contributed by atoms with Gasteiger partial charge in [-0.2, -0.15) is 0 Å². The van der Waals surface area contributed by atoms with Gasteiger partial charge in [0.15, 0.2) is 5.82 Å². The molecule has 2 heterocycles. The lowest BCUT2D eigenvalue weighted by Crippen LogP contribution is -2.47. The van der Waals surface area contributed by atoms with E-state index < -0.39 is 0 Å². The third-order valence-corrected chi connectivity index (χ3v) is 4.14. The number of carbonyl (C=O) groups is 1. The van der Waals surface area contributed by atoms with Gasteiger partial charge in [0.05, 0.1) is 10.9 Å². The molecule has 23 heavy (non-hydrogen) atoms. The summed E-state index contributed by atoms with van der Waals surface area (Å²) in [4.78, 5) is 33.8. The van der Waals surface area contributed by atoms with Crippen molar-refractivity contribution in [1.82, 2.24) is 14.9 Å². The highest BCUT2D eigenvalue weighted by molar-refractivity contribution is 5.93. The molecule has 5 heteroatoms. The van der Waals surface area contributed by atoms with Gasteiger partial charge in [-0.3, -0.25) is 9.59 Å². The molecule has 1 amide bonds. The number of benzene rings is 1. The summed E-state index contributed by atoms with van der Waals surface area (Å²) in [5, 5.41) is 0.485. The van der Waals surface area contributed by atoms with Crippen LogP contribution in [0.1, 0.15) is 30.4 Å². The molecule has 0 saturated heterocycles. The number of rotatable bonds is 3. The Labute approximate surface area is 134 Å². The third-order valence-electron chi connectivity index (χ3n) is 4.14. The average molecular weight is 309 g/mol. The Kier molecular flexibility index (Phi) is 4.10. The molecule has 0 unspecified atom stereocenters. The van der Waals surface area contributed by atoms with Crippen LogP contribution < -0.4 is 5.56 Å². The molecule has 0 saturated carbocycles. The van der Waals surface area contributed by atoms with Crippen molar-refractivity contribution in [2.75, 3.05) is 0 Å². The Morgan fingerprint density at radius 1 is 1.48 bits per heavy atom. The van der Waals surface area contributed by atoms with Crippen molar-refractivity contribution in [3.63, 3.8) is 0 Å². The molecule has 118 valence electrons. The number of amides is 1. The average Bonchev–Trinajstić information content (AvgIpc) is 2.55. The topological polar surface area (TPSA) is 66.1 Å². The highest BCUT2D eigenvalue weighted by atomic mass is 16.2. The summed E-state index contributed by atoms with van der Waals surface area (Å²) in [6.07, 6.45) is 7.38. The fraction of sp³-hybridized carbons (Fsp3) is 0.278. The van der Waals surface area contributed by atoms with E-state index >= 15 is 0 Å². The largest absolute Gasteiger partial charge is 0.326 e. The number of H-pyrrole nitrogens is 1. The molecule has 1 aliphatic heterocycles. The molecule has 1 aromatic heterocycles. The van der Waals surface area contributed by atoms with Crippen molar-refractivity contribution in [2.45, 2.75) is 31.8 Å². The molecule has 0 radical (unpaired) electrons. The highest BCUT2D eigenvalue weighted by Gasteiger charge is 2.30. The Hall–Kier alpha value is -2.69. The number of aromatic amines is 1. The number of carbonyl (C=O) groups excluding carboxylic acids is 1. The van der Waals surface area contributed by atoms with Crippen molar-refractivity contribution >= 4 is 16.8 Å². The molecule has 3 rings (SSSR count). The number of nitrogens with zero attached hydrogens (tertiary/aromatic N) is 2. The van der Waals surface area contributed by atoms with Crippen LogP contribution >= 0.6 is 0 Å². The maximum atomic E-state index is 12.9. The Balaban J connectivity index is 2.03. The molecule has 0 aliphatic carbocycles. The van der Waals surface area contributed by atoms with Crippen molar-refractivity contribution in [2.24, 2.45) is 0 Å². The van der Waals surface area contributed by atoms with E-state index in [0.29, 0.717) is 17.3 Å². The second kappa shape index (κ2) is 6.20. The van der Waals surface area contributed by atoms with Crippen LogP contribution in [-0.2, 0) is 0 Å². The normalized spacial score (nSPS) is 20.7. The van der Waals surface area contributed by atoms with Crippen LogP contribution in [0.25, 0.3) is 10.9 Å². The first-order valence-electron chi connectivity index (χ1n) is 7.71. The maximum absolute atomic E-state index is 12.9. The molecule has 1 aromatic carbocycles. The lowest BCUT2D eigenvalue weighted by molar-refractivity contribution is 0.0609. The molecule has 2 atom stereocenters. The number of fused-ring (bicyclic) bond motifs is 1. The van der Waals surface area contributed by atoms with Crippen molar-refractivity contribution in [3.05, 3.63) is 65.3 Å². The van der Waals surface area contributed by atoms with E-state index in [9.17, 15) is 9.59 Å². The van der Waals surface area contributed by atoms with E-state index in [-0.39, 0.29) is 29.4 Å². The molecule has 1 aliphatic rings. The quantitative estimate of drug-likeness (QED) is 0.886. The lowest BCUT2D eigenvalue weighted by atomic mass is 10.00. The minimum atomic E-state index is -0.292. The van der Waals surface area contributed by atoms with Gasteiger partial charge in [0.2, 0.25) is 0 Å². The second-order valence-corrected chi connectivity index (χ2v) is 5.73. The predicted octanol–water partition coefficient (Wildman–Crippen LogP) is 2.66. The van der Waals surface area contributed by atoms with Gasteiger partial charge in [0.25, 0.3) is 11.5 Å². The van der Waals surface area contributed by atoms with Crippen LogP contribution in [0.5, 0.6) is 0 Å². The van der Waals surface area contributed by atoms with Gasteiger partial charge < -0.3 is 9.88 Å². The lowest BCUT2D eigenvalue weighted by Gasteiger charge is -2.37. The first kappa shape index (κ1) is 15.2. The smallest absolute Gasteiger partial charge is 0.290 e. The summed E-state index contributed by atoms with van der Waals surface area (Å²) >= 11 is 0. The summed E-state index contributed by atoms with van der Waals surface area (Å²) in [6, 6.07) is 7.01. The fourth-order valence-electron chi connectivity index (χ4n) is 3.03. The van der Waals surface area contributed by atoms with Crippen LogP contribution in [0.3, 0.4) is 0 Å². The summed E-state index contributed by atoms with van der Waals surface area (Å²) in [5.41, 5.74) is 0.236. The predicted molar refractivity (Wildman–Crippen MR) is 90.4 cm³/mol. The molecule has 2 aromatic rings. The van der Waals surface area contributed by atoms with Gasteiger partial charge in [0, 0.05) is 12.1 Å². The fourth-order valence-corrected chi connectivity index (χ4v) is 3.03. The molecular weight excluding hydrogens is 290 g/mol. The highest BCUT2D eigenvalue weighted by Crippen LogP contribution is 2.22. The van der Waals surface area contributed by atoms with E-state index in [1.54, 1.807) is 29.2 Å². The van der Waals surface area contributed by atoms with Gasteiger partial charge in [-0.25, -0.2) is 4.98 Å². The van der Waals surface area contributed by atoms with Crippen LogP contribution in [0.4, 0.5) is 0 Å². The van der Waals surface area contributed by atoms with E-state index in [0.717, 1.165) is 6.42 Å². The summed E-state index contributed by atoms with van der Waals surface area (Å²) in [6.45, 7) is 5.73. The Bertz CT molecular complexity index is 838. The first-order valence-corrected chi connectivity index (χ1v) is 7.71. The first-order chi connectivity index (χ1) is 11.1. The van der Waals surface area contributed by atoms with Gasteiger partial charge in [-0.1, -0.05) is 30.4 Å². The number of para-hydroxylation sites is 1. The molecule has 0 fully saturated rings. The van der Waals surface area contributed by atoms with E-state index in [1.165, 1.54) is 0 Å². The van der Waals surface area contributed by atoms with Crippen molar-refractivity contribution < 1.29 is 4.79 Å². The zero-order valence-electron chi connectivity index (χ0n) is 13.0. The maximum Gasteiger partial charge on any atom is 0.290 e. The Morgan fingerprint density at radius 2 is 2.26 bits per heavy atom. The molecule has 5 nitrogen and oxygen atoms in total. The molecule has 0 spiro atoms. The Morgan fingerprint density at radius 3 is 3.04 bits per heavy atom.